The van der Waals surface area contributed by atoms with Crippen LogP contribution >= 0.6 is 0 Å². The maximum Gasteiger partial charge on any atom is 0.247 e. The van der Waals surface area contributed by atoms with Gasteiger partial charge in [0.15, 0.2) is 0 Å². The number of benzene rings is 2. The SMILES string of the molecule is Cc1ccccc1/C=C/C(=O)N1CCC[C@@H]1c1nc2ccccc2[nH]1. The zero-order valence-corrected chi connectivity index (χ0v) is 14.3. The van der Waals surface area contributed by atoms with Crippen LogP contribution in [-0.4, -0.2) is 27.3 Å². The van der Waals surface area contributed by atoms with Crippen molar-refractivity contribution in [2.75, 3.05) is 6.54 Å². The van der Waals surface area contributed by atoms with E-state index < -0.39 is 0 Å². The van der Waals surface area contributed by atoms with Crippen LogP contribution in [0.5, 0.6) is 0 Å². The lowest BCUT2D eigenvalue weighted by Gasteiger charge is -2.21. The molecule has 0 radical (unpaired) electrons. The van der Waals surface area contributed by atoms with Gasteiger partial charge in [-0.25, -0.2) is 4.98 Å². The fraction of sp³-hybridized carbons (Fsp3) is 0.238. The van der Waals surface area contributed by atoms with Gasteiger partial charge in [0.05, 0.1) is 17.1 Å². The fourth-order valence-electron chi connectivity index (χ4n) is 3.48. The van der Waals surface area contributed by atoms with Crippen molar-refractivity contribution in [1.29, 1.82) is 0 Å². The Hall–Kier alpha value is -2.88. The first-order valence-electron chi connectivity index (χ1n) is 8.71. The molecule has 0 unspecified atom stereocenters. The monoisotopic (exact) mass is 331 g/mol. The lowest BCUT2D eigenvalue weighted by Crippen LogP contribution is -2.29. The fourth-order valence-corrected chi connectivity index (χ4v) is 3.48. The number of aromatic amines is 1. The second-order valence-corrected chi connectivity index (χ2v) is 6.52. The molecular formula is C21H21N3O. The highest BCUT2D eigenvalue weighted by Crippen LogP contribution is 2.31. The van der Waals surface area contributed by atoms with E-state index in [1.54, 1.807) is 6.08 Å². The predicted molar refractivity (Wildman–Crippen MR) is 100.0 cm³/mol. The summed E-state index contributed by atoms with van der Waals surface area (Å²) >= 11 is 0. The van der Waals surface area contributed by atoms with E-state index in [2.05, 4.69) is 23.0 Å². The first-order valence-corrected chi connectivity index (χ1v) is 8.71. The van der Waals surface area contributed by atoms with Gasteiger partial charge in [-0.05, 0) is 49.1 Å². The van der Waals surface area contributed by atoms with Gasteiger partial charge in [0, 0.05) is 12.6 Å². The topological polar surface area (TPSA) is 49.0 Å². The number of nitrogens with zero attached hydrogens (tertiary/aromatic N) is 2. The number of aromatic nitrogens is 2. The Morgan fingerprint density at radius 3 is 2.84 bits per heavy atom. The molecule has 126 valence electrons. The van der Waals surface area contributed by atoms with Crippen molar-refractivity contribution in [3.63, 3.8) is 0 Å². The van der Waals surface area contributed by atoms with E-state index in [0.717, 1.165) is 41.8 Å². The van der Waals surface area contributed by atoms with Gasteiger partial charge in [-0.2, -0.15) is 0 Å². The summed E-state index contributed by atoms with van der Waals surface area (Å²) in [7, 11) is 0. The number of nitrogens with one attached hydrogen (secondary N) is 1. The number of para-hydroxylation sites is 2. The van der Waals surface area contributed by atoms with E-state index in [-0.39, 0.29) is 11.9 Å². The Morgan fingerprint density at radius 1 is 1.20 bits per heavy atom. The van der Waals surface area contributed by atoms with Gasteiger partial charge in [-0.1, -0.05) is 36.4 Å². The summed E-state index contributed by atoms with van der Waals surface area (Å²) in [4.78, 5) is 22.7. The summed E-state index contributed by atoms with van der Waals surface area (Å²) in [5.41, 5.74) is 4.22. The molecule has 1 aliphatic heterocycles. The number of amides is 1. The summed E-state index contributed by atoms with van der Waals surface area (Å²) in [5, 5.41) is 0. The zero-order chi connectivity index (χ0) is 17.2. The molecule has 0 aliphatic carbocycles. The lowest BCUT2D eigenvalue weighted by atomic mass is 10.1. The van der Waals surface area contributed by atoms with Gasteiger partial charge >= 0.3 is 0 Å². The molecule has 1 saturated heterocycles. The van der Waals surface area contributed by atoms with E-state index in [9.17, 15) is 4.79 Å². The third kappa shape index (κ3) is 3.07. The number of imidazole rings is 1. The van der Waals surface area contributed by atoms with Crippen LogP contribution in [0.2, 0.25) is 0 Å². The van der Waals surface area contributed by atoms with Crippen LogP contribution < -0.4 is 0 Å². The van der Waals surface area contributed by atoms with Gasteiger partial charge in [0.1, 0.15) is 5.82 Å². The van der Waals surface area contributed by atoms with Crippen molar-refractivity contribution in [2.24, 2.45) is 0 Å². The molecular weight excluding hydrogens is 310 g/mol. The number of carbonyl (C=O) groups excluding carboxylic acids is 1. The minimum Gasteiger partial charge on any atom is -0.340 e. The summed E-state index contributed by atoms with van der Waals surface area (Å²) in [6.07, 6.45) is 5.55. The number of hydrogen-bond donors (Lipinski definition) is 1. The van der Waals surface area contributed by atoms with E-state index in [1.807, 2.05) is 53.4 Å². The largest absolute Gasteiger partial charge is 0.340 e. The molecule has 1 atom stereocenters. The Kier molecular flexibility index (Phi) is 4.10. The maximum atomic E-state index is 12.7. The maximum absolute atomic E-state index is 12.7. The first kappa shape index (κ1) is 15.6. The van der Waals surface area contributed by atoms with Crippen LogP contribution in [0.25, 0.3) is 17.1 Å². The van der Waals surface area contributed by atoms with Crippen LogP contribution in [0, 0.1) is 6.92 Å². The number of likely N-dealkylation sites (tertiary alicyclic amines) is 1. The Labute approximate surface area is 147 Å². The summed E-state index contributed by atoms with van der Waals surface area (Å²) in [5.74, 6) is 0.933. The Bertz CT molecular complexity index is 908. The smallest absolute Gasteiger partial charge is 0.247 e. The zero-order valence-electron chi connectivity index (χ0n) is 14.3. The van der Waals surface area contributed by atoms with Crippen LogP contribution in [0.3, 0.4) is 0 Å². The van der Waals surface area contributed by atoms with E-state index in [1.165, 1.54) is 5.56 Å². The van der Waals surface area contributed by atoms with Crippen molar-refractivity contribution >= 4 is 23.0 Å². The summed E-state index contributed by atoms with van der Waals surface area (Å²) < 4.78 is 0. The molecule has 1 aliphatic rings. The van der Waals surface area contributed by atoms with Crippen molar-refractivity contribution in [3.05, 3.63) is 71.6 Å². The third-order valence-electron chi connectivity index (χ3n) is 4.85. The van der Waals surface area contributed by atoms with Gasteiger partial charge in [-0.15, -0.1) is 0 Å². The predicted octanol–water partition coefficient (Wildman–Crippen LogP) is 4.25. The average molecular weight is 331 g/mol. The number of aryl methyl sites for hydroxylation is 1. The molecule has 1 fully saturated rings. The number of carbonyl (C=O) groups is 1. The minimum atomic E-state index is 0.0291. The summed E-state index contributed by atoms with van der Waals surface area (Å²) in [6.45, 7) is 2.83. The van der Waals surface area contributed by atoms with E-state index in [0.29, 0.717) is 0 Å². The number of hydrogen-bond acceptors (Lipinski definition) is 2. The highest BCUT2D eigenvalue weighted by atomic mass is 16.2. The molecule has 2 heterocycles. The molecule has 4 rings (SSSR count). The number of rotatable bonds is 3. The normalized spacial score (nSPS) is 17.6. The van der Waals surface area contributed by atoms with E-state index in [4.69, 9.17) is 0 Å². The van der Waals surface area contributed by atoms with Gasteiger partial charge < -0.3 is 9.88 Å². The molecule has 1 N–H and O–H groups in total. The standard InChI is InChI=1S/C21H21N3O/c1-15-7-2-3-8-16(15)12-13-20(25)24-14-6-11-19(24)21-22-17-9-4-5-10-18(17)23-21/h2-5,7-10,12-13,19H,6,11,14H2,1H3,(H,22,23)/b13-12+/t19-/m1/s1. The van der Waals surface area contributed by atoms with Gasteiger partial charge in [-0.3, -0.25) is 4.79 Å². The first-order chi connectivity index (χ1) is 12.2. The molecule has 1 aromatic heterocycles. The molecule has 4 nitrogen and oxygen atoms in total. The summed E-state index contributed by atoms with van der Waals surface area (Å²) in [6, 6.07) is 16.1. The molecule has 3 aromatic rings. The highest BCUT2D eigenvalue weighted by Gasteiger charge is 2.31. The minimum absolute atomic E-state index is 0.0291. The quantitative estimate of drug-likeness (QED) is 0.730. The van der Waals surface area contributed by atoms with Crippen molar-refractivity contribution in [3.8, 4) is 0 Å². The van der Waals surface area contributed by atoms with Crippen molar-refractivity contribution in [1.82, 2.24) is 14.9 Å². The Morgan fingerprint density at radius 2 is 2.00 bits per heavy atom. The molecule has 2 aromatic carbocycles. The second kappa shape index (κ2) is 6.55. The molecule has 1 amide bonds. The molecule has 0 bridgehead atoms. The second-order valence-electron chi connectivity index (χ2n) is 6.52. The van der Waals surface area contributed by atoms with Crippen molar-refractivity contribution < 1.29 is 4.79 Å². The van der Waals surface area contributed by atoms with Crippen LogP contribution in [0.4, 0.5) is 0 Å². The number of fused-ring (bicyclic) bond motifs is 1. The molecule has 25 heavy (non-hydrogen) atoms. The molecule has 4 heteroatoms. The van der Waals surface area contributed by atoms with Gasteiger partial charge in [0.25, 0.3) is 0 Å². The van der Waals surface area contributed by atoms with Gasteiger partial charge in [0.2, 0.25) is 5.91 Å². The lowest BCUT2D eigenvalue weighted by molar-refractivity contribution is -0.126. The number of H-pyrrole nitrogens is 1. The van der Waals surface area contributed by atoms with Crippen LogP contribution in [0.1, 0.15) is 35.8 Å². The average Bonchev–Trinajstić information content (AvgIpc) is 3.27. The third-order valence-corrected chi connectivity index (χ3v) is 4.85. The van der Waals surface area contributed by atoms with Crippen molar-refractivity contribution in [2.45, 2.75) is 25.8 Å². The van der Waals surface area contributed by atoms with Crippen LogP contribution in [-0.2, 0) is 4.79 Å². The molecule has 0 saturated carbocycles. The Balaban J connectivity index is 1.56. The van der Waals surface area contributed by atoms with Crippen LogP contribution in [0.15, 0.2) is 54.6 Å². The molecule has 0 spiro atoms. The highest BCUT2D eigenvalue weighted by molar-refractivity contribution is 5.92. The van der Waals surface area contributed by atoms with E-state index >= 15 is 0 Å².